The van der Waals surface area contributed by atoms with Crippen molar-refractivity contribution in [2.45, 2.75) is 25.9 Å². The molecule has 0 unspecified atom stereocenters. The summed E-state index contributed by atoms with van der Waals surface area (Å²) < 4.78 is 2.37. The highest BCUT2D eigenvalue weighted by Gasteiger charge is 2.13. The Balaban J connectivity index is 2.03. The molecule has 1 aromatic heterocycles. The maximum Gasteiger partial charge on any atom is 0.0487 e. The number of fused-ring (bicyclic) bond motifs is 3. The van der Waals surface area contributed by atoms with Gasteiger partial charge in [0.15, 0.2) is 0 Å². The van der Waals surface area contributed by atoms with E-state index in [0.29, 0.717) is 6.04 Å². The van der Waals surface area contributed by atoms with Gasteiger partial charge in [-0.15, -0.1) is 0 Å². The second-order valence-electron chi connectivity index (χ2n) is 5.46. The fraction of sp³-hybridized carbons (Fsp3) is 0.375. The van der Waals surface area contributed by atoms with E-state index in [0.717, 1.165) is 13.0 Å². The van der Waals surface area contributed by atoms with Crippen molar-refractivity contribution in [3.05, 3.63) is 41.6 Å². The molecule has 1 aliphatic carbocycles. The first-order valence-electron chi connectivity index (χ1n) is 6.60. The molecule has 1 atom stereocenters. The van der Waals surface area contributed by atoms with Gasteiger partial charge in [0.1, 0.15) is 0 Å². The fourth-order valence-corrected chi connectivity index (χ4v) is 2.63. The molecule has 1 heterocycles. The van der Waals surface area contributed by atoms with Gasteiger partial charge in [0.2, 0.25) is 0 Å². The first kappa shape index (κ1) is 11.5. The third-order valence-corrected chi connectivity index (χ3v) is 4.05. The van der Waals surface area contributed by atoms with Crippen LogP contribution in [0.25, 0.3) is 17.0 Å². The first-order valence-corrected chi connectivity index (χ1v) is 6.60. The highest BCUT2D eigenvalue weighted by atomic mass is 15.1. The Morgan fingerprint density at radius 3 is 2.89 bits per heavy atom. The molecule has 0 spiro atoms. The summed E-state index contributed by atoms with van der Waals surface area (Å²) in [4.78, 5) is 2.26. The van der Waals surface area contributed by atoms with Crippen LogP contribution in [0.5, 0.6) is 0 Å². The maximum atomic E-state index is 2.37. The number of nitrogens with zero attached hydrogens (tertiary/aromatic N) is 2. The van der Waals surface area contributed by atoms with Gasteiger partial charge in [-0.05, 0) is 50.7 Å². The number of hydrogen-bond acceptors (Lipinski definition) is 1. The van der Waals surface area contributed by atoms with E-state index in [4.69, 9.17) is 0 Å². The Labute approximate surface area is 109 Å². The third kappa shape index (κ3) is 1.77. The summed E-state index contributed by atoms with van der Waals surface area (Å²) in [5, 5.41) is 1.40. The molecule has 18 heavy (non-hydrogen) atoms. The van der Waals surface area contributed by atoms with Crippen LogP contribution in [-0.4, -0.2) is 29.6 Å². The van der Waals surface area contributed by atoms with Crippen LogP contribution in [-0.2, 0) is 13.0 Å². The van der Waals surface area contributed by atoms with Crippen molar-refractivity contribution in [2.75, 3.05) is 14.1 Å². The summed E-state index contributed by atoms with van der Waals surface area (Å²) in [7, 11) is 4.27. The Hall–Kier alpha value is -1.54. The van der Waals surface area contributed by atoms with E-state index in [1.165, 1.54) is 22.0 Å². The van der Waals surface area contributed by atoms with Crippen LogP contribution < -0.4 is 0 Å². The van der Waals surface area contributed by atoms with Crippen molar-refractivity contribution in [3.8, 4) is 0 Å². The number of rotatable bonds is 3. The summed E-state index contributed by atoms with van der Waals surface area (Å²) in [6, 6.07) is 7.34. The Morgan fingerprint density at radius 1 is 1.28 bits per heavy atom. The van der Waals surface area contributed by atoms with Crippen LogP contribution in [0, 0.1) is 0 Å². The van der Waals surface area contributed by atoms with Gasteiger partial charge in [-0.25, -0.2) is 0 Å². The lowest BCUT2D eigenvalue weighted by Gasteiger charge is -2.20. The smallest absolute Gasteiger partial charge is 0.0487 e. The van der Waals surface area contributed by atoms with E-state index in [9.17, 15) is 0 Å². The molecule has 94 valence electrons. The Bertz CT molecular complexity index is 605. The second-order valence-corrected chi connectivity index (χ2v) is 5.46. The molecular weight excluding hydrogens is 220 g/mol. The summed E-state index contributed by atoms with van der Waals surface area (Å²) in [5.74, 6) is 0. The van der Waals surface area contributed by atoms with Crippen molar-refractivity contribution in [2.24, 2.45) is 0 Å². The van der Waals surface area contributed by atoms with Gasteiger partial charge < -0.3 is 9.47 Å². The molecule has 0 amide bonds. The highest BCUT2D eigenvalue weighted by Crippen LogP contribution is 2.29. The van der Waals surface area contributed by atoms with Gasteiger partial charge in [-0.2, -0.15) is 0 Å². The number of aromatic nitrogens is 1. The topological polar surface area (TPSA) is 8.17 Å². The highest BCUT2D eigenvalue weighted by molar-refractivity contribution is 5.91. The number of likely N-dealkylation sites (N-methyl/N-ethyl adjacent to an activating group) is 1. The molecular formula is C16H20N2. The normalized spacial score (nSPS) is 15.6. The van der Waals surface area contributed by atoms with Crippen LogP contribution in [0.1, 0.15) is 18.1 Å². The maximum absolute atomic E-state index is 2.37. The summed E-state index contributed by atoms with van der Waals surface area (Å²) >= 11 is 0. The van der Waals surface area contributed by atoms with Gasteiger partial charge in [0.25, 0.3) is 0 Å². The van der Waals surface area contributed by atoms with Gasteiger partial charge >= 0.3 is 0 Å². The van der Waals surface area contributed by atoms with Crippen LogP contribution >= 0.6 is 0 Å². The molecule has 0 aliphatic heterocycles. The van der Waals surface area contributed by atoms with Crippen molar-refractivity contribution in [1.82, 2.24) is 9.47 Å². The molecule has 0 N–H and O–H groups in total. The molecule has 0 saturated carbocycles. The van der Waals surface area contributed by atoms with Crippen LogP contribution in [0.4, 0.5) is 0 Å². The van der Waals surface area contributed by atoms with E-state index in [2.05, 4.69) is 67.0 Å². The average Bonchev–Trinajstić information content (AvgIpc) is 2.94. The molecule has 3 rings (SSSR count). The van der Waals surface area contributed by atoms with E-state index in [-0.39, 0.29) is 0 Å². The van der Waals surface area contributed by atoms with E-state index in [1.807, 2.05) is 0 Å². The molecule has 2 heteroatoms. The molecule has 0 radical (unpaired) electrons. The van der Waals surface area contributed by atoms with E-state index in [1.54, 1.807) is 0 Å². The van der Waals surface area contributed by atoms with Crippen molar-refractivity contribution in [3.63, 3.8) is 0 Å². The predicted octanol–water partition coefficient (Wildman–Crippen LogP) is 3.16. The Kier molecular flexibility index (Phi) is 2.75. The molecule has 2 aromatic rings. The van der Waals surface area contributed by atoms with Gasteiger partial charge in [-0.3, -0.25) is 0 Å². The summed E-state index contributed by atoms with van der Waals surface area (Å²) in [6.07, 6.45) is 7.82. The monoisotopic (exact) mass is 240 g/mol. The zero-order valence-corrected chi connectivity index (χ0v) is 11.4. The zero-order chi connectivity index (χ0) is 12.7. The molecule has 2 nitrogen and oxygen atoms in total. The van der Waals surface area contributed by atoms with Gasteiger partial charge in [-0.1, -0.05) is 18.2 Å². The number of hydrogen-bond donors (Lipinski definition) is 0. The molecule has 1 aliphatic rings. The fourth-order valence-electron chi connectivity index (χ4n) is 2.63. The summed E-state index contributed by atoms with van der Waals surface area (Å²) in [5.41, 5.74) is 4.23. The van der Waals surface area contributed by atoms with Gasteiger partial charge in [0.05, 0.1) is 0 Å². The number of allylic oxidation sites excluding steroid dienone is 1. The summed E-state index contributed by atoms with van der Waals surface area (Å²) in [6.45, 7) is 3.30. The second kappa shape index (κ2) is 4.29. The van der Waals surface area contributed by atoms with E-state index < -0.39 is 0 Å². The van der Waals surface area contributed by atoms with Crippen LogP contribution in [0.3, 0.4) is 0 Å². The minimum atomic E-state index is 0.546. The van der Waals surface area contributed by atoms with Crippen molar-refractivity contribution < 1.29 is 0 Å². The van der Waals surface area contributed by atoms with Crippen LogP contribution in [0.2, 0.25) is 0 Å². The molecule has 1 aromatic carbocycles. The quantitative estimate of drug-likeness (QED) is 0.800. The standard InChI is InChI=1S/C16H20N2/c1-12(17(2)3)11-18-10-9-15-14-6-4-5-13(14)7-8-16(15)18/h4,6-10,12H,5,11H2,1-3H3/t12-/m1/s1. The lowest BCUT2D eigenvalue weighted by Crippen LogP contribution is -2.28. The predicted molar refractivity (Wildman–Crippen MR) is 77.8 cm³/mol. The van der Waals surface area contributed by atoms with Gasteiger partial charge in [0, 0.05) is 29.7 Å². The lowest BCUT2D eigenvalue weighted by atomic mass is 10.1. The number of benzene rings is 1. The van der Waals surface area contributed by atoms with E-state index >= 15 is 0 Å². The Morgan fingerprint density at radius 2 is 2.11 bits per heavy atom. The molecule has 0 bridgehead atoms. The zero-order valence-electron chi connectivity index (χ0n) is 11.4. The van der Waals surface area contributed by atoms with Crippen LogP contribution in [0.15, 0.2) is 30.5 Å². The lowest BCUT2D eigenvalue weighted by molar-refractivity contribution is 0.286. The SMILES string of the molecule is C[C@H](Cn1ccc2c3c(ccc21)CC=C3)N(C)C. The van der Waals surface area contributed by atoms with Crippen molar-refractivity contribution >= 4 is 17.0 Å². The minimum Gasteiger partial charge on any atom is -0.346 e. The minimum absolute atomic E-state index is 0.546. The molecule has 0 fully saturated rings. The first-order chi connectivity index (χ1) is 8.66. The van der Waals surface area contributed by atoms with Crippen molar-refractivity contribution in [1.29, 1.82) is 0 Å². The third-order valence-electron chi connectivity index (χ3n) is 4.05. The average molecular weight is 240 g/mol. The largest absolute Gasteiger partial charge is 0.346 e. The molecule has 0 saturated heterocycles.